The molecule has 0 amide bonds. The van der Waals surface area contributed by atoms with Gasteiger partial charge in [0.2, 0.25) is 12.2 Å². The molecule has 0 saturated heterocycles. The molecule has 0 saturated carbocycles. The van der Waals surface area contributed by atoms with Crippen LogP contribution in [0.4, 0.5) is 0 Å². The molecule has 0 aliphatic carbocycles. The Kier molecular flexibility index (Phi) is 8.62. The molecular weight excluding hydrogens is 335 g/mol. The zero-order valence-electron chi connectivity index (χ0n) is 12.3. The summed E-state index contributed by atoms with van der Waals surface area (Å²) >= 11 is 0. The molecule has 0 bridgehead atoms. The molecule has 0 aromatic heterocycles. The van der Waals surface area contributed by atoms with E-state index in [0.717, 1.165) is 0 Å². The summed E-state index contributed by atoms with van der Waals surface area (Å²) in [6.45, 7) is 9.07. The molecule has 0 rings (SSSR count). The van der Waals surface area contributed by atoms with E-state index in [1.54, 1.807) is 0 Å². The second-order valence-electron chi connectivity index (χ2n) is 4.21. The zero-order chi connectivity index (χ0) is 18.2. The average molecular weight is 350 g/mol. The summed E-state index contributed by atoms with van der Waals surface area (Å²) in [5.74, 6) is -1.80. The topological polar surface area (TPSA) is 143 Å². The molecule has 11 heteroatoms. The lowest BCUT2D eigenvalue weighted by atomic mass is 10.1. The van der Waals surface area contributed by atoms with E-state index in [9.17, 15) is 28.6 Å². The highest BCUT2D eigenvalue weighted by Crippen LogP contribution is 2.44. The summed E-state index contributed by atoms with van der Waals surface area (Å²) in [7, 11) is -5.09. The van der Waals surface area contributed by atoms with Crippen LogP contribution in [0.1, 0.15) is 13.8 Å². The number of hydrogen-bond donors (Lipinski definition) is 1. The van der Waals surface area contributed by atoms with Crippen molar-refractivity contribution in [3.05, 3.63) is 24.3 Å². The van der Waals surface area contributed by atoms with Crippen molar-refractivity contribution >= 4 is 32.0 Å². The lowest BCUT2D eigenvalue weighted by molar-refractivity contribution is -0.291. The summed E-state index contributed by atoms with van der Waals surface area (Å²) < 4.78 is 19.2. The third-order valence-corrected chi connectivity index (χ3v) is 2.64. The maximum absolute atomic E-state index is 11.4. The van der Waals surface area contributed by atoms with Crippen LogP contribution < -0.4 is 0 Å². The number of ketones is 2. The van der Waals surface area contributed by atoms with Crippen molar-refractivity contribution in [3.8, 4) is 0 Å². The third-order valence-electron chi connectivity index (χ3n) is 2.09. The number of hydrogen-bond acceptors (Lipinski definition) is 9. The third kappa shape index (κ3) is 7.33. The fourth-order valence-corrected chi connectivity index (χ4v) is 1.38. The highest BCUT2D eigenvalue weighted by atomic mass is 31.2. The maximum Gasteiger partial charge on any atom is 0.526 e. The molecule has 0 aromatic rings. The first kappa shape index (κ1) is 21.2. The Labute approximate surface area is 131 Å². The average Bonchev–Trinajstić information content (AvgIpc) is 2.47. The van der Waals surface area contributed by atoms with Gasteiger partial charge < -0.3 is 0 Å². The molecule has 2 atom stereocenters. The summed E-state index contributed by atoms with van der Waals surface area (Å²) in [5.41, 5.74) is -0.132. The quantitative estimate of drug-likeness (QED) is 0.131. The van der Waals surface area contributed by atoms with E-state index in [1.807, 2.05) is 0 Å². The predicted molar refractivity (Wildman–Crippen MR) is 73.5 cm³/mol. The van der Waals surface area contributed by atoms with Gasteiger partial charge in [-0.1, -0.05) is 13.2 Å². The van der Waals surface area contributed by atoms with E-state index in [4.69, 9.17) is 0 Å². The van der Waals surface area contributed by atoms with Crippen LogP contribution in [0.3, 0.4) is 0 Å². The SMILES string of the molecule is C=C(C)C(=O)C(C=O)OOP(=O)(O)OOC(C=O)C(=O)C(=C)C. The van der Waals surface area contributed by atoms with E-state index in [1.165, 1.54) is 13.8 Å². The molecule has 0 aromatic carbocycles. The smallest absolute Gasteiger partial charge is 0.300 e. The summed E-state index contributed by atoms with van der Waals surface area (Å²) in [4.78, 5) is 61.6. The highest BCUT2D eigenvalue weighted by Gasteiger charge is 2.32. The van der Waals surface area contributed by atoms with Crippen molar-refractivity contribution in [2.24, 2.45) is 0 Å². The molecular formula is C12H15O10P. The second kappa shape index (κ2) is 9.36. The number of carbonyl (C=O) groups is 4. The monoisotopic (exact) mass is 350 g/mol. The van der Waals surface area contributed by atoms with Gasteiger partial charge in [0.15, 0.2) is 24.1 Å². The predicted octanol–water partition coefficient (Wildman–Crippen LogP) is 0.409. The van der Waals surface area contributed by atoms with Gasteiger partial charge in [0.1, 0.15) is 0 Å². The number of carbonyl (C=O) groups excluding carboxylic acids is 4. The van der Waals surface area contributed by atoms with Crippen LogP contribution in [0.15, 0.2) is 24.3 Å². The van der Waals surface area contributed by atoms with Crippen LogP contribution in [0, 0.1) is 0 Å². The Bertz CT molecular complexity index is 520. The molecule has 10 nitrogen and oxygen atoms in total. The minimum absolute atomic E-state index is 0.00328. The van der Waals surface area contributed by atoms with E-state index in [0.29, 0.717) is 0 Å². The number of Topliss-reactive ketones (excluding diaryl/α,β-unsaturated/α-hetero) is 2. The molecule has 23 heavy (non-hydrogen) atoms. The minimum Gasteiger partial charge on any atom is -0.300 e. The fraction of sp³-hybridized carbons (Fsp3) is 0.333. The zero-order valence-corrected chi connectivity index (χ0v) is 13.2. The maximum atomic E-state index is 11.4. The van der Waals surface area contributed by atoms with Crippen molar-refractivity contribution in [2.75, 3.05) is 0 Å². The van der Waals surface area contributed by atoms with Crippen LogP contribution in [0.5, 0.6) is 0 Å². The molecule has 0 spiro atoms. The van der Waals surface area contributed by atoms with Gasteiger partial charge in [0.25, 0.3) is 0 Å². The van der Waals surface area contributed by atoms with Crippen molar-refractivity contribution in [1.29, 1.82) is 0 Å². The molecule has 0 aliphatic rings. The summed E-state index contributed by atoms with van der Waals surface area (Å²) in [6.07, 6.45) is -3.71. The Morgan fingerprint density at radius 3 is 1.48 bits per heavy atom. The van der Waals surface area contributed by atoms with Gasteiger partial charge in [0, 0.05) is 0 Å². The van der Waals surface area contributed by atoms with Crippen molar-refractivity contribution in [2.45, 2.75) is 26.1 Å². The fourth-order valence-electron chi connectivity index (χ4n) is 0.956. The van der Waals surface area contributed by atoms with E-state index in [2.05, 4.69) is 32.3 Å². The number of rotatable bonds is 12. The molecule has 0 heterocycles. The van der Waals surface area contributed by atoms with Crippen LogP contribution >= 0.6 is 7.82 Å². The Morgan fingerprint density at radius 1 is 0.957 bits per heavy atom. The standard InChI is InChI=1S/C12H15O10P/c1-7(2)11(15)9(5-13)19-21-23(17,18)22-20-10(6-14)12(16)8(3)4/h5-6,9-10H,1,3H2,2,4H3,(H,17,18). The van der Waals surface area contributed by atoms with E-state index in [-0.39, 0.29) is 23.7 Å². The first-order valence-electron chi connectivity index (χ1n) is 5.88. The van der Waals surface area contributed by atoms with Crippen LogP contribution in [0.2, 0.25) is 0 Å². The Balaban J connectivity index is 4.67. The van der Waals surface area contributed by atoms with Crippen LogP contribution in [-0.4, -0.2) is 41.2 Å². The van der Waals surface area contributed by atoms with Gasteiger partial charge in [-0.05, 0) is 25.0 Å². The lowest BCUT2D eigenvalue weighted by Crippen LogP contribution is -2.27. The molecule has 0 aliphatic heterocycles. The first-order chi connectivity index (χ1) is 10.6. The van der Waals surface area contributed by atoms with Gasteiger partial charge >= 0.3 is 7.82 Å². The number of phosphoric acid groups is 1. The van der Waals surface area contributed by atoms with Crippen molar-refractivity contribution in [1.82, 2.24) is 0 Å². The highest BCUT2D eigenvalue weighted by molar-refractivity contribution is 7.47. The molecule has 0 fully saturated rings. The largest absolute Gasteiger partial charge is 0.526 e. The van der Waals surface area contributed by atoms with Gasteiger partial charge in [-0.3, -0.25) is 24.1 Å². The Hall–Kier alpha value is -1.81. The van der Waals surface area contributed by atoms with Gasteiger partial charge in [-0.2, -0.15) is 0 Å². The van der Waals surface area contributed by atoms with Gasteiger partial charge in [0.05, 0.1) is 0 Å². The number of aldehydes is 2. The molecule has 0 radical (unpaired) electrons. The Morgan fingerprint density at radius 2 is 1.26 bits per heavy atom. The van der Waals surface area contributed by atoms with E-state index < -0.39 is 31.6 Å². The first-order valence-corrected chi connectivity index (χ1v) is 7.38. The van der Waals surface area contributed by atoms with Gasteiger partial charge in [-0.25, -0.2) is 14.3 Å². The normalized spacial score (nSPS) is 15.8. The molecule has 1 N–H and O–H groups in total. The van der Waals surface area contributed by atoms with Crippen LogP contribution in [-0.2, 0) is 42.9 Å². The van der Waals surface area contributed by atoms with Crippen molar-refractivity contribution < 1.29 is 47.8 Å². The van der Waals surface area contributed by atoms with Crippen LogP contribution in [0.25, 0.3) is 0 Å². The molecule has 128 valence electrons. The summed E-state index contributed by atoms with van der Waals surface area (Å²) in [6, 6.07) is 0. The minimum atomic E-state index is -5.09. The van der Waals surface area contributed by atoms with Gasteiger partial charge in [-0.15, -0.1) is 9.35 Å². The molecule has 2 unspecified atom stereocenters. The van der Waals surface area contributed by atoms with E-state index >= 15 is 0 Å². The summed E-state index contributed by atoms with van der Waals surface area (Å²) in [5, 5.41) is 0. The van der Waals surface area contributed by atoms with Crippen molar-refractivity contribution in [3.63, 3.8) is 0 Å². The lowest BCUT2D eigenvalue weighted by Gasteiger charge is -2.14. The second-order valence-corrected chi connectivity index (χ2v) is 5.45.